The van der Waals surface area contributed by atoms with E-state index in [9.17, 15) is 4.79 Å². The molecule has 0 fully saturated rings. The van der Waals surface area contributed by atoms with E-state index in [2.05, 4.69) is 37.8 Å². The van der Waals surface area contributed by atoms with E-state index >= 15 is 0 Å². The van der Waals surface area contributed by atoms with Crippen LogP contribution in [0.3, 0.4) is 0 Å². The molecule has 0 aliphatic heterocycles. The Morgan fingerprint density at radius 1 is 1.79 bits per heavy atom. The van der Waals surface area contributed by atoms with Gasteiger partial charge in [-0.2, -0.15) is 0 Å². The first-order valence-corrected chi connectivity index (χ1v) is 4.83. The van der Waals surface area contributed by atoms with E-state index in [1.54, 1.807) is 6.08 Å². The molecule has 5 heteroatoms. The quantitative estimate of drug-likeness (QED) is 0.834. The van der Waals surface area contributed by atoms with Gasteiger partial charge in [0.1, 0.15) is 12.0 Å². The van der Waals surface area contributed by atoms with Gasteiger partial charge in [-0.05, 0) is 22.9 Å². The molecule has 0 spiro atoms. The molecule has 0 aliphatic rings. The molecule has 0 saturated heterocycles. The highest BCUT2D eigenvalue weighted by atomic mass is 79.9. The van der Waals surface area contributed by atoms with Crippen molar-refractivity contribution in [2.45, 2.75) is 13.0 Å². The van der Waals surface area contributed by atoms with Crippen molar-refractivity contribution in [1.29, 1.82) is 0 Å². The third-order valence-electron chi connectivity index (χ3n) is 1.59. The largest absolute Gasteiger partial charge is 0.345 e. The maximum atomic E-state index is 11.6. The molecule has 0 bridgehead atoms. The Labute approximate surface area is 90.6 Å². The van der Waals surface area contributed by atoms with Crippen molar-refractivity contribution in [1.82, 2.24) is 15.3 Å². The predicted octanol–water partition coefficient (Wildman–Crippen LogP) is 1.54. The Bertz CT molecular complexity index is 354. The van der Waals surface area contributed by atoms with Gasteiger partial charge in [0, 0.05) is 12.2 Å². The van der Waals surface area contributed by atoms with E-state index in [-0.39, 0.29) is 11.9 Å². The first-order chi connectivity index (χ1) is 6.65. The van der Waals surface area contributed by atoms with Gasteiger partial charge in [-0.25, -0.2) is 9.97 Å². The van der Waals surface area contributed by atoms with E-state index < -0.39 is 0 Å². The predicted molar refractivity (Wildman–Crippen MR) is 56.9 cm³/mol. The average molecular weight is 256 g/mol. The van der Waals surface area contributed by atoms with Crippen molar-refractivity contribution in [3.63, 3.8) is 0 Å². The fourth-order valence-electron chi connectivity index (χ4n) is 0.814. The van der Waals surface area contributed by atoms with Gasteiger partial charge in [0.2, 0.25) is 0 Å². The van der Waals surface area contributed by atoms with Crippen molar-refractivity contribution in [3.05, 3.63) is 35.3 Å². The Morgan fingerprint density at radius 3 is 3.07 bits per heavy atom. The molecule has 1 rings (SSSR count). The van der Waals surface area contributed by atoms with Gasteiger partial charge < -0.3 is 5.32 Å². The SMILES string of the molecule is C=CC(C)NC(=O)c1ncncc1Br. The summed E-state index contributed by atoms with van der Waals surface area (Å²) in [6.45, 7) is 5.40. The van der Waals surface area contributed by atoms with Gasteiger partial charge in [0.25, 0.3) is 5.91 Å². The highest BCUT2D eigenvalue weighted by Crippen LogP contribution is 2.11. The second-order valence-corrected chi connectivity index (χ2v) is 3.57. The minimum absolute atomic E-state index is 0.0793. The number of nitrogens with zero attached hydrogens (tertiary/aromatic N) is 2. The third-order valence-corrected chi connectivity index (χ3v) is 2.18. The molecule has 1 unspecified atom stereocenters. The zero-order chi connectivity index (χ0) is 10.6. The van der Waals surface area contributed by atoms with E-state index in [0.29, 0.717) is 10.2 Å². The summed E-state index contributed by atoms with van der Waals surface area (Å²) in [5.41, 5.74) is 0.328. The van der Waals surface area contributed by atoms with E-state index in [0.717, 1.165) is 0 Å². The van der Waals surface area contributed by atoms with Gasteiger partial charge in [-0.15, -0.1) is 6.58 Å². The molecule has 14 heavy (non-hydrogen) atoms. The molecule has 1 amide bonds. The number of hydrogen-bond acceptors (Lipinski definition) is 3. The molecule has 1 aromatic rings. The van der Waals surface area contributed by atoms with Crippen LogP contribution >= 0.6 is 15.9 Å². The standard InChI is InChI=1S/C9H10BrN3O/c1-3-6(2)13-9(14)8-7(10)4-11-5-12-8/h3-6H,1H2,2H3,(H,13,14). The molecule has 0 radical (unpaired) electrons. The van der Waals surface area contributed by atoms with Crippen LogP contribution in [0.15, 0.2) is 29.7 Å². The molecule has 74 valence electrons. The van der Waals surface area contributed by atoms with Crippen LogP contribution in [-0.2, 0) is 0 Å². The van der Waals surface area contributed by atoms with Crippen LogP contribution in [-0.4, -0.2) is 21.9 Å². The third kappa shape index (κ3) is 2.63. The topological polar surface area (TPSA) is 54.9 Å². The second kappa shape index (κ2) is 4.85. The minimum atomic E-state index is -0.244. The van der Waals surface area contributed by atoms with Crippen molar-refractivity contribution in [2.24, 2.45) is 0 Å². The van der Waals surface area contributed by atoms with Gasteiger partial charge in [-0.3, -0.25) is 4.79 Å². The van der Waals surface area contributed by atoms with E-state index in [1.807, 2.05) is 6.92 Å². The Balaban J connectivity index is 2.80. The van der Waals surface area contributed by atoms with Crippen molar-refractivity contribution >= 4 is 21.8 Å². The monoisotopic (exact) mass is 255 g/mol. The van der Waals surface area contributed by atoms with Gasteiger partial charge in [0.05, 0.1) is 4.47 Å². The molecule has 1 atom stereocenters. The summed E-state index contributed by atoms with van der Waals surface area (Å²) in [4.78, 5) is 19.2. The van der Waals surface area contributed by atoms with Gasteiger partial charge >= 0.3 is 0 Å². The van der Waals surface area contributed by atoms with Gasteiger partial charge in [-0.1, -0.05) is 6.08 Å². The van der Waals surface area contributed by atoms with Crippen LogP contribution in [0.5, 0.6) is 0 Å². The van der Waals surface area contributed by atoms with Crippen molar-refractivity contribution in [2.75, 3.05) is 0 Å². The summed E-state index contributed by atoms with van der Waals surface area (Å²) in [7, 11) is 0. The number of halogens is 1. The zero-order valence-corrected chi connectivity index (χ0v) is 9.28. The van der Waals surface area contributed by atoms with Crippen LogP contribution in [0, 0.1) is 0 Å². The van der Waals surface area contributed by atoms with Crippen LogP contribution in [0.4, 0.5) is 0 Å². The smallest absolute Gasteiger partial charge is 0.271 e. The number of amides is 1. The lowest BCUT2D eigenvalue weighted by Crippen LogP contribution is -2.31. The lowest BCUT2D eigenvalue weighted by Gasteiger charge is -2.08. The fraction of sp³-hybridized carbons (Fsp3) is 0.222. The Morgan fingerprint density at radius 2 is 2.50 bits per heavy atom. The van der Waals surface area contributed by atoms with Gasteiger partial charge in [0.15, 0.2) is 0 Å². The summed E-state index contributed by atoms with van der Waals surface area (Å²) >= 11 is 3.20. The Hall–Kier alpha value is -1.23. The van der Waals surface area contributed by atoms with Crippen LogP contribution in [0.25, 0.3) is 0 Å². The maximum Gasteiger partial charge on any atom is 0.271 e. The molecule has 1 N–H and O–H groups in total. The lowest BCUT2D eigenvalue weighted by atomic mass is 10.3. The molecule has 1 aromatic heterocycles. The fourth-order valence-corrected chi connectivity index (χ4v) is 1.21. The zero-order valence-electron chi connectivity index (χ0n) is 7.70. The van der Waals surface area contributed by atoms with Crippen LogP contribution in [0.1, 0.15) is 17.4 Å². The minimum Gasteiger partial charge on any atom is -0.345 e. The highest BCUT2D eigenvalue weighted by Gasteiger charge is 2.12. The first-order valence-electron chi connectivity index (χ1n) is 4.04. The van der Waals surface area contributed by atoms with Crippen molar-refractivity contribution < 1.29 is 4.79 Å². The van der Waals surface area contributed by atoms with E-state index in [4.69, 9.17) is 0 Å². The summed E-state index contributed by atoms with van der Waals surface area (Å²) in [6, 6.07) is -0.0793. The number of aromatic nitrogens is 2. The maximum absolute atomic E-state index is 11.6. The van der Waals surface area contributed by atoms with Crippen LogP contribution < -0.4 is 5.32 Å². The lowest BCUT2D eigenvalue weighted by molar-refractivity contribution is 0.0941. The molecule has 4 nitrogen and oxygen atoms in total. The molecular weight excluding hydrogens is 246 g/mol. The molecule has 0 saturated carbocycles. The van der Waals surface area contributed by atoms with E-state index in [1.165, 1.54) is 12.5 Å². The molecular formula is C9H10BrN3O. The number of hydrogen-bond donors (Lipinski definition) is 1. The Kier molecular flexibility index (Phi) is 3.76. The molecule has 1 heterocycles. The number of carbonyl (C=O) groups is 1. The van der Waals surface area contributed by atoms with Crippen LogP contribution in [0.2, 0.25) is 0 Å². The average Bonchev–Trinajstić information content (AvgIpc) is 2.18. The normalized spacial score (nSPS) is 11.9. The first kappa shape index (κ1) is 10.8. The second-order valence-electron chi connectivity index (χ2n) is 2.72. The molecule has 0 aliphatic carbocycles. The number of nitrogens with one attached hydrogen (secondary N) is 1. The molecule has 0 aromatic carbocycles. The summed E-state index contributed by atoms with van der Waals surface area (Å²) < 4.78 is 0.578. The number of carbonyl (C=O) groups excluding carboxylic acids is 1. The van der Waals surface area contributed by atoms with Crippen molar-refractivity contribution in [3.8, 4) is 0 Å². The summed E-state index contributed by atoms with van der Waals surface area (Å²) in [6.07, 6.45) is 4.51. The summed E-state index contributed by atoms with van der Waals surface area (Å²) in [5.74, 6) is -0.244. The highest BCUT2D eigenvalue weighted by molar-refractivity contribution is 9.10. The summed E-state index contributed by atoms with van der Waals surface area (Å²) in [5, 5.41) is 2.71. The number of rotatable bonds is 3.